The molecule has 1 heterocycles. The van der Waals surface area contributed by atoms with Gasteiger partial charge in [0.05, 0.1) is 23.1 Å². The zero-order chi connectivity index (χ0) is 21.5. The summed E-state index contributed by atoms with van der Waals surface area (Å²) < 4.78 is 12.1. The van der Waals surface area contributed by atoms with E-state index in [0.717, 1.165) is 5.75 Å². The van der Waals surface area contributed by atoms with E-state index < -0.39 is 0 Å². The largest absolute Gasteiger partial charge is 0.493 e. The molecule has 8 heteroatoms. The minimum Gasteiger partial charge on any atom is -0.493 e. The maximum Gasteiger partial charge on any atom is 0.266 e. The van der Waals surface area contributed by atoms with Gasteiger partial charge in [0.2, 0.25) is 0 Å². The van der Waals surface area contributed by atoms with Gasteiger partial charge in [-0.2, -0.15) is 0 Å². The second-order valence-corrected chi connectivity index (χ2v) is 8.77. The summed E-state index contributed by atoms with van der Waals surface area (Å²) in [6.45, 7) is 4.92. The van der Waals surface area contributed by atoms with Crippen molar-refractivity contribution >= 4 is 63.5 Å². The van der Waals surface area contributed by atoms with E-state index in [4.69, 9.17) is 44.9 Å². The predicted octanol–water partition coefficient (Wildman–Crippen LogP) is 6.23. The standard InChI is InChI=1S/C22H19Cl2NO3S2/c1-2-9-25-21(26)19(30-22(25)29)13-15-12-16(23)14-18(24)20(15)28-11-6-10-27-17-7-4-3-5-8-17/h2-5,7-8,12-14H,1,6,9-11H2. The van der Waals surface area contributed by atoms with Crippen molar-refractivity contribution in [2.45, 2.75) is 6.42 Å². The van der Waals surface area contributed by atoms with Gasteiger partial charge in [0, 0.05) is 23.6 Å². The minimum absolute atomic E-state index is 0.178. The van der Waals surface area contributed by atoms with Gasteiger partial charge >= 0.3 is 0 Å². The lowest BCUT2D eigenvalue weighted by atomic mass is 10.1. The van der Waals surface area contributed by atoms with Gasteiger partial charge in [-0.05, 0) is 30.3 Å². The zero-order valence-corrected chi connectivity index (χ0v) is 19.1. The van der Waals surface area contributed by atoms with Gasteiger partial charge in [0.25, 0.3) is 5.91 Å². The molecule has 3 rings (SSSR count). The first-order valence-electron chi connectivity index (χ1n) is 9.15. The molecule has 1 fully saturated rings. The maximum atomic E-state index is 12.6. The lowest BCUT2D eigenvalue weighted by Gasteiger charge is -2.13. The Morgan fingerprint density at radius 3 is 2.60 bits per heavy atom. The Kier molecular flexibility index (Phi) is 8.22. The summed E-state index contributed by atoms with van der Waals surface area (Å²) in [6.07, 6.45) is 4.00. The number of thioether (sulfide) groups is 1. The number of benzene rings is 2. The molecule has 0 N–H and O–H groups in total. The topological polar surface area (TPSA) is 38.8 Å². The van der Waals surface area contributed by atoms with Crippen LogP contribution in [0.25, 0.3) is 6.08 Å². The number of hydrogen-bond donors (Lipinski definition) is 0. The summed E-state index contributed by atoms with van der Waals surface area (Å²) in [7, 11) is 0. The van der Waals surface area contributed by atoms with Crippen LogP contribution in [0.3, 0.4) is 0 Å². The van der Waals surface area contributed by atoms with Crippen LogP contribution in [0.2, 0.25) is 10.0 Å². The molecule has 0 aromatic heterocycles. The van der Waals surface area contributed by atoms with Gasteiger partial charge in [-0.1, -0.05) is 71.5 Å². The van der Waals surface area contributed by atoms with Gasteiger partial charge in [0.15, 0.2) is 0 Å². The highest BCUT2D eigenvalue weighted by molar-refractivity contribution is 8.26. The van der Waals surface area contributed by atoms with Crippen molar-refractivity contribution in [1.82, 2.24) is 4.90 Å². The molecule has 1 aliphatic rings. The van der Waals surface area contributed by atoms with E-state index in [1.807, 2.05) is 30.3 Å². The first kappa shape index (κ1) is 22.7. The molecule has 0 aliphatic carbocycles. The number of amides is 1. The Labute approximate surface area is 195 Å². The molecule has 2 aromatic carbocycles. The predicted molar refractivity (Wildman–Crippen MR) is 129 cm³/mol. The van der Waals surface area contributed by atoms with Gasteiger partial charge in [-0.25, -0.2) is 0 Å². The molecule has 30 heavy (non-hydrogen) atoms. The van der Waals surface area contributed by atoms with Crippen molar-refractivity contribution in [2.75, 3.05) is 19.8 Å². The Bertz CT molecular complexity index is 980. The summed E-state index contributed by atoms with van der Waals surface area (Å²) in [6, 6.07) is 12.9. The molecule has 4 nitrogen and oxygen atoms in total. The van der Waals surface area contributed by atoms with Crippen LogP contribution in [0.1, 0.15) is 12.0 Å². The van der Waals surface area contributed by atoms with Crippen LogP contribution in [0, 0.1) is 0 Å². The third-order valence-corrected chi connectivity index (χ3v) is 5.93. The summed E-state index contributed by atoms with van der Waals surface area (Å²) >= 11 is 19.0. The molecule has 0 saturated carbocycles. The highest BCUT2D eigenvalue weighted by Gasteiger charge is 2.31. The van der Waals surface area contributed by atoms with Gasteiger partial charge in [-0.3, -0.25) is 9.69 Å². The van der Waals surface area contributed by atoms with Crippen LogP contribution in [0.15, 0.2) is 60.0 Å². The molecule has 2 aromatic rings. The van der Waals surface area contributed by atoms with E-state index in [2.05, 4.69) is 6.58 Å². The third-order valence-electron chi connectivity index (χ3n) is 4.06. The maximum absolute atomic E-state index is 12.6. The lowest BCUT2D eigenvalue weighted by Crippen LogP contribution is -2.27. The van der Waals surface area contributed by atoms with E-state index in [9.17, 15) is 4.79 Å². The number of thiocarbonyl (C=S) groups is 1. The normalized spacial score (nSPS) is 15.0. The van der Waals surface area contributed by atoms with Gasteiger partial charge in [-0.15, -0.1) is 6.58 Å². The van der Waals surface area contributed by atoms with Crippen LogP contribution in [0.4, 0.5) is 0 Å². The van der Waals surface area contributed by atoms with E-state index in [1.54, 1.807) is 24.3 Å². The number of nitrogens with zero attached hydrogens (tertiary/aromatic N) is 1. The van der Waals surface area contributed by atoms with Crippen molar-refractivity contribution in [2.24, 2.45) is 0 Å². The van der Waals surface area contributed by atoms with Crippen molar-refractivity contribution in [3.63, 3.8) is 0 Å². The first-order valence-corrected chi connectivity index (χ1v) is 11.1. The van der Waals surface area contributed by atoms with Gasteiger partial charge < -0.3 is 9.47 Å². The van der Waals surface area contributed by atoms with Crippen molar-refractivity contribution in [1.29, 1.82) is 0 Å². The first-order chi connectivity index (χ1) is 14.5. The number of para-hydroxylation sites is 1. The Hall–Kier alpha value is -1.99. The van der Waals surface area contributed by atoms with Crippen LogP contribution in [0.5, 0.6) is 11.5 Å². The second-order valence-electron chi connectivity index (χ2n) is 6.25. The number of rotatable bonds is 9. The molecule has 0 unspecified atom stereocenters. The lowest BCUT2D eigenvalue weighted by molar-refractivity contribution is -0.121. The zero-order valence-electron chi connectivity index (χ0n) is 16.0. The van der Waals surface area contributed by atoms with Crippen LogP contribution >= 0.6 is 47.2 Å². The molecule has 0 radical (unpaired) electrons. The van der Waals surface area contributed by atoms with E-state index >= 15 is 0 Å². The molecule has 1 aliphatic heterocycles. The van der Waals surface area contributed by atoms with Crippen LogP contribution in [-0.2, 0) is 4.79 Å². The fourth-order valence-corrected chi connectivity index (χ4v) is 4.54. The fraction of sp³-hybridized carbons (Fsp3) is 0.182. The Morgan fingerprint density at radius 1 is 1.13 bits per heavy atom. The SMILES string of the molecule is C=CCN1C(=O)C(=Cc2cc(Cl)cc(Cl)c2OCCCOc2ccccc2)SC1=S. The second kappa shape index (κ2) is 10.9. The number of hydrogen-bond acceptors (Lipinski definition) is 5. The molecular weight excluding hydrogens is 461 g/mol. The molecule has 1 amide bonds. The molecule has 1 saturated heterocycles. The summed E-state index contributed by atoms with van der Waals surface area (Å²) in [5.74, 6) is 1.10. The van der Waals surface area contributed by atoms with E-state index in [-0.39, 0.29) is 5.91 Å². The summed E-state index contributed by atoms with van der Waals surface area (Å²) in [5.41, 5.74) is 0.621. The average Bonchev–Trinajstić information content (AvgIpc) is 2.98. The third kappa shape index (κ3) is 5.79. The molecule has 0 spiro atoms. The van der Waals surface area contributed by atoms with Gasteiger partial charge in [0.1, 0.15) is 15.8 Å². The number of carbonyl (C=O) groups is 1. The number of halogens is 2. The smallest absolute Gasteiger partial charge is 0.266 e. The molecule has 156 valence electrons. The quantitative estimate of drug-likeness (QED) is 0.184. The Morgan fingerprint density at radius 2 is 1.87 bits per heavy atom. The molecule has 0 bridgehead atoms. The number of ether oxygens (including phenoxy) is 2. The van der Waals surface area contributed by atoms with Crippen molar-refractivity contribution in [3.8, 4) is 11.5 Å². The van der Waals surface area contributed by atoms with Crippen molar-refractivity contribution in [3.05, 3.63) is 75.6 Å². The highest BCUT2D eigenvalue weighted by atomic mass is 35.5. The average molecular weight is 480 g/mol. The van der Waals surface area contributed by atoms with Crippen LogP contribution in [-0.4, -0.2) is 34.9 Å². The minimum atomic E-state index is -0.178. The van der Waals surface area contributed by atoms with E-state index in [0.29, 0.717) is 56.8 Å². The Balaban J connectivity index is 1.69. The highest BCUT2D eigenvalue weighted by Crippen LogP contribution is 2.38. The van der Waals surface area contributed by atoms with E-state index in [1.165, 1.54) is 16.7 Å². The summed E-state index contributed by atoms with van der Waals surface area (Å²) in [4.78, 5) is 14.6. The summed E-state index contributed by atoms with van der Waals surface area (Å²) in [5, 5.41) is 0.826. The van der Waals surface area contributed by atoms with Crippen molar-refractivity contribution < 1.29 is 14.3 Å². The number of carbonyl (C=O) groups excluding carboxylic acids is 1. The monoisotopic (exact) mass is 479 g/mol. The fourth-order valence-electron chi connectivity index (χ4n) is 2.71. The molecule has 0 atom stereocenters. The van der Waals surface area contributed by atoms with Crippen LogP contribution < -0.4 is 9.47 Å². The molecular formula is C22H19Cl2NO3S2.